The van der Waals surface area contributed by atoms with Gasteiger partial charge in [-0.15, -0.1) is 11.3 Å². The Balaban J connectivity index is 1.47. The van der Waals surface area contributed by atoms with Gasteiger partial charge in [-0.3, -0.25) is 5.10 Å². The van der Waals surface area contributed by atoms with E-state index in [4.69, 9.17) is 11.6 Å². The molecule has 0 saturated carbocycles. The van der Waals surface area contributed by atoms with Crippen LogP contribution in [0.15, 0.2) is 18.3 Å². The molecule has 2 aromatic rings. The number of nitrogens with zero attached hydrogens (tertiary/aromatic N) is 1. The van der Waals surface area contributed by atoms with Crippen LogP contribution in [0.2, 0.25) is 4.34 Å². The summed E-state index contributed by atoms with van der Waals surface area (Å²) in [6.07, 6.45) is 4.55. The average molecular weight is 311 g/mol. The van der Waals surface area contributed by atoms with Gasteiger partial charge in [0.2, 0.25) is 0 Å². The van der Waals surface area contributed by atoms with Crippen molar-refractivity contribution in [3.8, 4) is 0 Å². The van der Waals surface area contributed by atoms with Gasteiger partial charge in [0.25, 0.3) is 0 Å². The summed E-state index contributed by atoms with van der Waals surface area (Å²) < 4.78 is 0.738. The van der Waals surface area contributed by atoms with Gasteiger partial charge in [-0.05, 0) is 37.0 Å². The normalized spacial score (nSPS) is 17.6. The summed E-state index contributed by atoms with van der Waals surface area (Å²) in [7, 11) is 0. The molecule has 3 rings (SSSR count). The zero-order valence-corrected chi connectivity index (χ0v) is 12.4. The van der Waals surface area contributed by atoms with Gasteiger partial charge in [0.1, 0.15) is 0 Å². The molecule has 0 unspecified atom stereocenters. The van der Waals surface area contributed by atoms with Gasteiger partial charge in [-0.2, -0.15) is 5.10 Å². The third-order valence-electron chi connectivity index (χ3n) is 3.40. The van der Waals surface area contributed by atoms with E-state index < -0.39 is 0 Å². The van der Waals surface area contributed by atoms with Gasteiger partial charge in [-0.25, -0.2) is 4.79 Å². The Morgan fingerprint density at radius 2 is 2.45 bits per heavy atom. The van der Waals surface area contributed by atoms with Crippen LogP contribution in [0, 0.1) is 0 Å². The first-order valence-electron chi connectivity index (χ1n) is 6.50. The van der Waals surface area contributed by atoms with Crippen molar-refractivity contribution < 1.29 is 4.79 Å². The Labute approximate surface area is 125 Å². The molecule has 7 heteroatoms. The van der Waals surface area contributed by atoms with E-state index in [0.29, 0.717) is 6.54 Å². The largest absolute Gasteiger partial charge is 0.335 e. The van der Waals surface area contributed by atoms with Crippen LogP contribution in [-0.4, -0.2) is 22.3 Å². The molecule has 0 bridgehead atoms. The lowest BCUT2D eigenvalue weighted by Gasteiger charge is -2.22. The van der Waals surface area contributed by atoms with Gasteiger partial charge in [0, 0.05) is 16.6 Å². The summed E-state index contributed by atoms with van der Waals surface area (Å²) in [4.78, 5) is 12.9. The van der Waals surface area contributed by atoms with Crippen LogP contribution in [0.3, 0.4) is 0 Å². The number of thiophene rings is 1. The fraction of sp³-hybridized carbons (Fsp3) is 0.385. The third kappa shape index (κ3) is 3.13. The average Bonchev–Trinajstić information content (AvgIpc) is 3.04. The summed E-state index contributed by atoms with van der Waals surface area (Å²) in [5, 5.41) is 12.9. The fourth-order valence-electron chi connectivity index (χ4n) is 2.39. The number of nitrogens with one attached hydrogen (secondary N) is 3. The lowest BCUT2D eigenvalue weighted by atomic mass is 9.94. The predicted molar refractivity (Wildman–Crippen MR) is 79.1 cm³/mol. The summed E-state index contributed by atoms with van der Waals surface area (Å²) in [5.74, 6) is 0. The second-order valence-corrected chi connectivity index (χ2v) is 6.65. The minimum Gasteiger partial charge on any atom is -0.335 e. The number of amides is 2. The van der Waals surface area contributed by atoms with Crippen LogP contribution in [0.25, 0.3) is 0 Å². The monoisotopic (exact) mass is 310 g/mol. The van der Waals surface area contributed by atoms with Crippen LogP contribution in [-0.2, 0) is 19.4 Å². The number of carbonyl (C=O) groups is 1. The highest BCUT2D eigenvalue weighted by molar-refractivity contribution is 7.16. The highest BCUT2D eigenvalue weighted by atomic mass is 35.5. The molecule has 1 aliphatic rings. The number of hydrogen-bond acceptors (Lipinski definition) is 3. The quantitative estimate of drug-likeness (QED) is 0.815. The Morgan fingerprint density at radius 3 is 3.25 bits per heavy atom. The predicted octanol–water partition coefficient (Wildman–Crippen LogP) is 2.48. The first-order valence-corrected chi connectivity index (χ1v) is 7.70. The molecule has 0 radical (unpaired) electrons. The summed E-state index contributed by atoms with van der Waals surface area (Å²) in [5.41, 5.74) is 2.39. The first kappa shape index (κ1) is 13.5. The molecule has 2 aromatic heterocycles. The molecule has 0 spiro atoms. The Morgan fingerprint density at radius 1 is 1.55 bits per heavy atom. The third-order valence-corrected chi connectivity index (χ3v) is 4.64. The minimum atomic E-state index is -0.133. The van der Waals surface area contributed by atoms with Crippen LogP contribution in [0.5, 0.6) is 0 Å². The number of H-pyrrole nitrogens is 1. The number of rotatable bonds is 3. The van der Waals surface area contributed by atoms with Gasteiger partial charge < -0.3 is 10.6 Å². The van der Waals surface area contributed by atoms with E-state index in [1.165, 1.54) is 22.6 Å². The molecule has 2 heterocycles. The summed E-state index contributed by atoms with van der Waals surface area (Å²) >= 11 is 7.33. The van der Waals surface area contributed by atoms with Crippen molar-refractivity contribution in [1.29, 1.82) is 0 Å². The van der Waals surface area contributed by atoms with E-state index in [-0.39, 0.29) is 12.1 Å². The lowest BCUT2D eigenvalue weighted by molar-refractivity contribution is 0.235. The topological polar surface area (TPSA) is 69.8 Å². The Hall–Kier alpha value is -1.53. The number of aryl methyl sites for hydroxylation is 1. The van der Waals surface area contributed by atoms with Gasteiger partial charge in [0.05, 0.1) is 17.1 Å². The number of aromatic amines is 1. The number of carbonyl (C=O) groups excluding carboxylic acids is 1. The maximum atomic E-state index is 11.9. The molecule has 2 amide bonds. The van der Waals surface area contributed by atoms with Crippen molar-refractivity contribution in [2.24, 2.45) is 0 Å². The zero-order valence-electron chi connectivity index (χ0n) is 10.8. The summed E-state index contributed by atoms with van der Waals surface area (Å²) in [6, 6.07) is 3.80. The number of urea groups is 1. The van der Waals surface area contributed by atoms with Crippen molar-refractivity contribution in [3.63, 3.8) is 0 Å². The van der Waals surface area contributed by atoms with Crippen molar-refractivity contribution in [2.75, 3.05) is 0 Å². The maximum Gasteiger partial charge on any atom is 0.315 e. The van der Waals surface area contributed by atoms with Crippen molar-refractivity contribution >= 4 is 29.0 Å². The van der Waals surface area contributed by atoms with Gasteiger partial charge in [0.15, 0.2) is 0 Å². The molecule has 1 atom stereocenters. The van der Waals surface area contributed by atoms with E-state index in [2.05, 4.69) is 20.8 Å². The molecule has 0 aliphatic heterocycles. The van der Waals surface area contributed by atoms with Crippen LogP contribution in [0.4, 0.5) is 4.79 Å². The van der Waals surface area contributed by atoms with Gasteiger partial charge >= 0.3 is 6.03 Å². The van der Waals surface area contributed by atoms with Crippen LogP contribution < -0.4 is 10.6 Å². The highest BCUT2D eigenvalue weighted by Crippen LogP contribution is 2.21. The van der Waals surface area contributed by atoms with Crippen molar-refractivity contribution in [2.45, 2.75) is 31.8 Å². The standard InChI is InChI=1S/C13H15ClN4OS/c14-12-4-2-10(20-12)7-15-13(19)17-9-1-3-11-8(5-9)6-16-18-11/h2,4,6,9H,1,3,5,7H2,(H,16,18)(H2,15,17,19)/t9-/m1/s1. The van der Waals surface area contributed by atoms with E-state index >= 15 is 0 Å². The second kappa shape index (κ2) is 5.85. The number of hydrogen-bond donors (Lipinski definition) is 3. The van der Waals surface area contributed by atoms with E-state index in [1.807, 2.05) is 18.3 Å². The molecular weight excluding hydrogens is 296 g/mol. The lowest BCUT2D eigenvalue weighted by Crippen LogP contribution is -2.44. The zero-order chi connectivity index (χ0) is 13.9. The van der Waals surface area contributed by atoms with Crippen LogP contribution >= 0.6 is 22.9 Å². The molecule has 20 heavy (non-hydrogen) atoms. The fourth-order valence-corrected chi connectivity index (χ4v) is 3.42. The SMILES string of the molecule is O=C(NCc1ccc(Cl)s1)N[C@@H]1CCc2[nH]ncc2C1. The van der Waals surface area contributed by atoms with E-state index in [1.54, 1.807) is 0 Å². The molecule has 5 nitrogen and oxygen atoms in total. The Bertz CT molecular complexity index is 609. The molecule has 0 aromatic carbocycles. The van der Waals surface area contributed by atoms with Crippen molar-refractivity contribution in [3.05, 3.63) is 38.8 Å². The molecule has 0 saturated heterocycles. The maximum absolute atomic E-state index is 11.9. The number of aromatic nitrogens is 2. The smallest absolute Gasteiger partial charge is 0.315 e. The second-order valence-electron chi connectivity index (χ2n) is 4.85. The molecular formula is C13H15ClN4OS. The minimum absolute atomic E-state index is 0.133. The molecule has 1 aliphatic carbocycles. The van der Waals surface area contributed by atoms with Crippen molar-refractivity contribution in [1.82, 2.24) is 20.8 Å². The number of halogens is 1. The molecule has 0 fully saturated rings. The highest BCUT2D eigenvalue weighted by Gasteiger charge is 2.21. The first-order chi connectivity index (χ1) is 9.70. The summed E-state index contributed by atoms with van der Waals surface area (Å²) in [6.45, 7) is 0.507. The number of fused-ring (bicyclic) bond motifs is 1. The van der Waals surface area contributed by atoms with E-state index in [0.717, 1.165) is 28.5 Å². The molecule has 3 N–H and O–H groups in total. The van der Waals surface area contributed by atoms with Gasteiger partial charge in [-0.1, -0.05) is 11.6 Å². The molecule has 106 valence electrons. The van der Waals surface area contributed by atoms with Crippen LogP contribution in [0.1, 0.15) is 22.6 Å². The van der Waals surface area contributed by atoms with E-state index in [9.17, 15) is 4.79 Å². The Kier molecular flexibility index (Phi) is 3.93.